The number of anilines is 1. The number of hydrogen-bond donors (Lipinski definition) is 2. The Labute approximate surface area is 147 Å². The van der Waals surface area contributed by atoms with Crippen LogP contribution in [0.4, 0.5) is 10.5 Å². The second-order valence-corrected chi connectivity index (χ2v) is 6.43. The minimum absolute atomic E-state index is 0.200. The van der Waals surface area contributed by atoms with Crippen molar-refractivity contribution >= 4 is 46.6 Å². The molecular formula is C16H12Cl3NO3. The third-order valence-corrected chi connectivity index (χ3v) is 4.61. The first-order chi connectivity index (χ1) is 11.0. The van der Waals surface area contributed by atoms with E-state index in [-0.39, 0.29) is 5.92 Å². The number of fused-ring (bicyclic) bond motifs is 1. The standard InChI is InChI=1S/C16H12Cl3NO3/c17-8-5-12(19)15-10(9-3-1-2-4-11(9)18)7-14(23-16(21)22)20-13(15)6-8/h1-6,10,14,20H,7H2,(H,21,22). The minimum atomic E-state index is -1.35. The number of nitrogens with one attached hydrogen (secondary N) is 1. The van der Waals surface area contributed by atoms with Gasteiger partial charge in [0.1, 0.15) is 0 Å². The van der Waals surface area contributed by atoms with Gasteiger partial charge in [-0.15, -0.1) is 0 Å². The second-order valence-electron chi connectivity index (χ2n) is 5.18. The van der Waals surface area contributed by atoms with Gasteiger partial charge in [-0.2, -0.15) is 0 Å². The molecule has 23 heavy (non-hydrogen) atoms. The average Bonchev–Trinajstić information content (AvgIpc) is 2.45. The SMILES string of the molecule is O=C(O)OC1CC(c2ccccc2Cl)c2c(Cl)cc(Cl)cc2N1. The number of carboxylic acid groups (broad SMARTS) is 1. The lowest BCUT2D eigenvalue weighted by molar-refractivity contribution is 0.0562. The summed E-state index contributed by atoms with van der Waals surface area (Å²) in [7, 11) is 0. The van der Waals surface area contributed by atoms with Gasteiger partial charge in [-0.1, -0.05) is 53.0 Å². The van der Waals surface area contributed by atoms with Crippen LogP contribution in [0.5, 0.6) is 0 Å². The maximum absolute atomic E-state index is 10.9. The van der Waals surface area contributed by atoms with Crippen LogP contribution in [0.25, 0.3) is 0 Å². The maximum Gasteiger partial charge on any atom is 0.507 e. The fraction of sp³-hybridized carbons (Fsp3) is 0.188. The van der Waals surface area contributed by atoms with Crippen molar-refractivity contribution in [3.05, 3.63) is 62.6 Å². The number of carbonyl (C=O) groups is 1. The molecular weight excluding hydrogens is 361 g/mol. The van der Waals surface area contributed by atoms with Gasteiger partial charge in [0.15, 0.2) is 6.23 Å². The lowest BCUT2D eigenvalue weighted by Gasteiger charge is -2.33. The molecule has 3 rings (SSSR count). The van der Waals surface area contributed by atoms with E-state index >= 15 is 0 Å². The van der Waals surface area contributed by atoms with E-state index in [9.17, 15) is 4.79 Å². The predicted molar refractivity (Wildman–Crippen MR) is 90.9 cm³/mol. The van der Waals surface area contributed by atoms with Gasteiger partial charge in [0.25, 0.3) is 0 Å². The van der Waals surface area contributed by atoms with Crippen molar-refractivity contribution in [3.8, 4) is 0 Å². The molecule has 4 nitrogen and oxygen atoms in total. The molecule has 0 saturated heterocycles. The van der Waals surface area contributed by atoms with Crippen molar-refractivity contribution in [2.75, 3.05) is 5.32 Å². The molecule has 1 aliphatic rings. The second kappa shape index (κ2) is 6.48. The van der Waals surface area contributed by atoms with Crippen LogP contribution in [-0.2, 0) is 4.74 Å². The lowest BCUT2D eigenvalue weighted by Crippen LogP contribution is -2.33. The highest BCUT2D eigenvalue weighted by Crippen LogP contribution is 2.45. The van der Waals surface area contributed by atoms with Crippen LogP contribution >= 0.6 is 34.8 Å². The molecule has 0 saturated carbocycles. The zero-order valence-electron chi connectivity index (χ0n) is 11.7. The summed E-state index contributed by atoms with van der Waals surface area (Å²) in [5.41, 5.74) is 2.33. The van der Waals surface area contributed by atoms with E-state index in [1.807, 2.05) is 18.2 Å². The Kier molecular flexibility index (Phi) is 4.57. The molecule has 120 valence electrons. The quantitative estimate of drug-likeness (QED) is 0.672. The third kappa shape index (κ3) is 3.34. The number of ether oxygens (including phenoxy) is 1. The van der Waals surface area contributed by atoms with Crippen LogP contribution in [0.3, 0.4) is 0 Å². The molecule has 0 aromatic heterocycles. The van der Waals surface area contributed by atoms with Crippen molar-refractivity contribution in [1.82, 2.24) is 0 Å². The Morgan fingerprint density at radius 1 is 1.17 bits per heavy atom. The topological polar surface area (TPSA) is 58.6 Å². The molecule has 1 heterocycles. The van der Waals surface area contributed by atoms with Crippen molar-refractivity contribution in [2.24, 2.45) is 0 Å². The molecule has 2 aromatic rings. The lowest BCUT2D eigenvalue weighted by atomic mass is 9.84. The summed E-state index contributed by atoms with van der Waals surface area (Å²) in [5.74, 6) is -0.200. The highest BCUT2D eigenvalue weighted by Gasteiger charge is 2.33. The van der Waals surface area contributed by atoms with Crippen LogP contribution in [0.2, 0.25) is 15.1 Å². The van der Waals surface area contributed by atoms with Crippen LogP contribution in [0.1, 0.15) is 23.5 Å². The first kappa shape index (κ1) is 16.2. The van der Waals surface area contributed by atoms with E-state index in [1.54, 1.807) is 18.2 Å². The molecule has 2 unspecified atom stereocenters. The Morgan fingerprint density at radius 3 is 2.61 bits per heavy atom. The van der Waals surface area contributed by atoms with Gasteiger partial charge in [-0.25, -0.2) is 4.79 Å². The number of benzene rings is 2. The summed E-state index contributed by atoms with van der Waals surface area (Å²) >= 11 is 18.7. The smallest absolute Gasteiger partial charge is 0.450 e. The van der Waals surface area contributed by atoms with Crippen LogP contribution < -0.4 is 5.32 Å². The van der Waals surface area contributed by atoms with Crippen molar-refractivity contribution in [1.29, 1.82) is 0 Å². The molecule has 2 N–H and O–H groups in total. The van der Waals surface area contributed by atoms with E-state index in [4.69, 9.17) is 44.6 Å². The summed E-state index contributed by atoms with van der Waals surface area (Å²) in [6.07, 6.45) is -1.68. The zero-order chi connectivity index (χ0) is 16.6. The van der Waals surface area contributed by atoms with Gasteiger partial charge < -0.3 is 15.2 Å². The first-order valence-electron chi connectivity index (χ1n) is 6.85. The molecule has 1 aliphatic heterocycles. The highest BCUT2D eigenvalue weighted by atomic mass is 35.5. The van der Waals surface area contributed by atoms with Gasteiger partial charge in [0.05, 0.1) is 0 Å². The fourth-order valence-corrected chi connectivity index (χ4v) is 3.75. The summed E-state index contributed by atoms with van der Waals surface area (Å²) in [4.78, 5) is 10.9. The van der Waals surface area contributed by atoms with E-state index in [0.29, 0.717) is 27.2 Å². The Morgan fingerprint density at radius 2 is 1.91 bits per heavy atom. The largest absolute Gasteiger partial charge is 0.507 e. The Bertz CT molecular complexity index is 766. The van der Waals surface area contributed by atoms with E-state index in [0.717, 1.165) is 11.1 Å². The molecule has 0 aliphatic carbocycles. The maximum atomic E-state index is 10.9. The molecule has 0 fully saturated rings. The molecule has 2 aromatic carbocycles. The zero-order valence-corrected chi connectivity index (χ0v) is 14.0. The van der Waals surface area contributed by atoms with Gasteiger partial charge >= 0.3 is 6.16 Å². The summed E-state index contributed by atoms with van der Waals surface area (Å²) in [5, 5.41) is 13.4. The van der Waals surface area contributed by atoms with Crippen LogP contribution in [-0.4, -0.2) is 17.5 Å². The number of hydrogen-bond acceptors (Lipinski definition) is 3. The number of halogens is 3. The molecule has 7 heteroatoms. The van der Waals surface area contributed by atoms with Crippen LogP contribution in [0.15, 0.2) is 36.4 Å². The highest BCUT2D eigenvalue weighted by molar-refractivity contribution is 6.36. The van der Waals surface area contributed by atoms with E-state index < -0.39 is 12.4 Å². The van der Waals surface area contributed by atoms with Crippen molar-refractivity contribution < 1.29 is 14.6 Å². The van der Waals surface area contributed by atoms with E-state index in [2.05, 4.69) is 5.32 Å². The average molecular weight is 373 g/mol. The predicted octanol–water partition coefficient (Wildman–Crippen LogP) is 5.62. The third-order valence-electron chi connectivity index (χ3n) is 3.73. The Balaban J connectivity index is 2.11. The first-order valence-corrected chi connectivity index (χ1v) is 7.98. The Hall–Kier alpha value is -1.62. The van der Waals surface area contributed by atoms with Gasteiger partial charge in [0, 0.05) is 38.7 Å². The molecule has 0 amide bonds. The molecule has 0 radical (unpaired) electrons. The molecule has 2 atom stereocenters. The van der Waals surface area contributed by atoms with Crippen molar-refractivity contribution in [2.45, 2.75) is 18.6 Å². The van der Waals surface area contributed by atoms with Gasteiger partial charge in [-0.05, 0) is 23.8 Å². The summed E-state index contributed by atoms with van der Waals surface area (Å²) < 4.78 is 4.90. The van der Waals surface area contributed by atoms with Crippen molar-refractivity contribution in [3.63, 3.8) is 0 Å². The molecule has 0 bridgehead atoms. The normalized spacial score (nSPS) is 19.6. The van der Waals surface area contributed by atoms with Gasteiger partial charge in [-0.3, -0.25) is 0 Å². The molecule has 0 spiro atoms. The number of rotatable bonds is 2. The monoisotopic (exact) mass is 371 g/mol. The fourth-order valence-electron chi connectivity index (χ4n) is 2.86. The summed E-state index contributed by atoms with van der Waals surface area (Å²) in [6.45, 7) is 0. The van der Waals surface area contributed by atoms with E-state index in [1.165, 1.54) is 0 Å². The van der Waals surface area contributed by atoms with Crippen LogP contribution in [0, 0.1) is 0 Å². The van der Waals surface area contributed by atoms with Gasteiger partial charge in [0.2, 0.25) is 0 Å². The summed E-state index contributed by atoms with van der Waals surface area (Å²) in [6, 6.07) is 10.7. The minimum Gasteiger partial charge on any atom is -0.450 e.